The Kier molecular flexibility index (Phi) is 4.53. The Morgan fingerprint density at radius 3 is 2.68 bits per heavy atom. The number of benzene rings is 2. The molecule has 2 aromatic heterocycles. The van der Waals surface area contributed by atoms with E-state index in [9.17, 15) is 14.9 Å². The highest BCUT2D eigenvalue weighted by molar-refractivity contribution is 9.10. The topological polar surface area (TPSA) is 128 Å². The first-order valence-electron chi connectivity index (χ1n) is 7.94. The van der Waals surface area contributed by atoms with Crippen LogP contribution in [0, 0.1) is 10.1 Å². The van der Waals surface area contributed by atoms with Crippen molar-refractivity contribution < 1.29 is 9.34 Å². The third-order valence-electron chi connectivity index (χ3n) is 4.04. The van der Waals surface area contributed by atoms with Gasteiger partial charge in [0.25, 0.3) is 5.69 Å². The quantitative estimate of drug-likeness (QED) is 0.380. The third kappa shape index (κ3) is 3.32. The van der Waals surface area contributed by atoms with E-state index in [1.54, 1.807) is 36.4 Å². The summed E-state index contributed by atoms with van der Waals surface area (Å²) in [4.78, 5) is 23.3. The van der Waals surface area contributed by atoms with Crippen molar-refractivity contribution in [1.82, 2.24) is 20.6 Å². The van der Waals surface area contributed by atoms with Crippen LogP contribution in [0.4, 0.5) is 5.69 Å². The Bertz CT molecular complexity index is 1260. The normalized spacial score (nSPS) is 11.7. The molecule has 0 saturated carbocycles. The molecule has 10 heteroatoms. The number of nitro groups is 1. The lowest BCUT2D eigenvalue weighted by Gasteiger charge is -2.05. The van der Waals surface area contributed by atoms with Gasteiger partial charge in [0.1, 0.15) is 11.8 Å². The minimum Gasteiger partial charge on any atom is -0.463 e. The van der Waals surface area contributed by atoms with Crippen molar-refractivity contribution in [1.29, 1.82) is 0 Å². The fourth-order valence-electron chi connectivity index (χ4n) is 2.69. The van der Waals surface area contributed by atoms with Gasteiger partial charge in [0.2, 0.25) is 5.82 Å². The second kappa shape index (κ2) is 7.16. The van der Waals surface area contributed by atoms with Crippen LogP contribution in [0.1, 0.15) is 17.0 Å². The Labute approximate surface area is 165 Å². The van der Waals surface area contributed by atoms with E-state index < -0.39 is 4.92 Å². The molecule has 4 aromatic rings. The number of tetrazole rings is 1. The van der Waals surface area contributed by atoms with E-state index in [1.165, 1.54) is 18.4 Å². The van der Waals surface area contributed by atoms with E-state index in [0.29, 0.717) is 22.1 Å². The van der Waals surface area contributed by atoms with Crippen molar-refractivity contribution in [2.24, 2.45) is 0 Å². The van der Waals surface area contributed by atoms with Crippen LogP contribution in [0.3, 0.4) is 0 Å². The summed E-state index contributed by atoms with van der Waals surface area (Å²) in [6.45, 7) is 0. The summed E-state index contributed by atoms with van der Waals surface area (Å²) in [6, 6.07) is 11.0. The number of aromatic nitrogens is 4. The molecule has 0 aliphatic heterocycles. The molecule has 0 radical (unpaired) electrons. The number of aromatic amines is 1. The van der Waals surface area contributed by atoms with Gasteiger partial charge in [-0.15, -0.1) is 10.2 Å². The van der Waals surface area contributed by atoms with Crippen molar-refractivity contribution in [2.45, 2.75) is 0 Å². The van der Waals surface area contributed by atoms with Crippen LogP contribution in [0.25, 0.3) is 22.6 Å². The Morgan fingerprint density at radius 2 is 2.00 bits per heavy atom. The van der Waals surface area contributed by atoms with E-state index in [-0.39, 0.29) is 22.5 Å². The number of nitro benzene ring substituents is 1. The maximum atomic E-state index is 12.9. The van der Waals surface area contributed by atoms with Crippen LogP contribution >= 0.6 is 15.9 Å². The average molecular weight is 440 g/mol. The van der Waals surface area contributed by atoms with Crippen LogP contribution in [0.2, 0.25) is 0 Å². The van der Waals surface area contributed by atoms with Crippen LogP contribution in [0.5, 0.6) is 0 Å². The Balaban J connectivity index is 1.89. The molecule has 0 atom stereocenters. The zero-order valence-corrected chi connectivity index (χ0v) is 15.6. The van der Waals surface area contributed by atoms with E-state index in [0.717, 1.165) is 4.47 Å². The van der Waals surface area contributed by atoms with Crippen molar-refractivity contribution in [3.63, 3.8) is 0 Å². The lowest BCUT2D eigenvalue weighted by Crippen LogP contribution is -2.05. The molecule has 0 bridgehead atoms. The molecule has 2 aromatic carbocycles. The number of rotatable bonds is 4. The molecule has 0 saturated heterocycles. The molecule has 4 rings (SSSR count). The molecule has 138 valence electrons. The standard InChI is InChI=1S/C18H10BrN5O4/c19-12-3-6-16-15(8-12)17(25)11(9-28-16)7-14(18-20-22-23-21-18)10-1-4-13(5-2-10)24(26)27/h1-9H,(H,20,21,22,23)/b14-7-. The number of hydrogen-bond acceptors (Lipinski definition) is 7. The van der Waals surface area contributed by atoms with Crippen molar-refractivity contribution in [2.75, 3.05) is 0 Å². The fourth-order valence-corrected chi connectivity index (χ4v) is 3.05. The molecule has 2 heterocycles. The number of non-ortho nitro benzene ring substituents is 1. The summed E-state index contributed by atoms with van der Waals surface area (Å²) in [5.41, 5.74) is 1.51. The molecule has 0 fully saturated rings. The predicted octanol–water partition coefficient (Wildman–Crippen LogP) is 3.57. The van der Waals surface area contributed by atoms with E-state index in [4.69, 9.17) is 4.42 Å². The minimum atomic E-state index is -0.489. The van der Waals surface area contributed by atoms with Crippen molar-refractivity contribution in [3.05, 3.63) is 90.5 Å². The fraction of sp³-hybridized carbons (Fsp3) is 0. The first kappa shape index (κ1) is 17.7. The molecule has 0 aliphatic carbocycles. The highest BCUT2D eigenvalue weighted by Gasteiger charge is 2.14. The monoisotopic (exact) mass is 439 g/mol. The van der Waals surface area contributed by atoms with Gasteiger partial charge in [-0.25, -0.2) is 0 Å². The van der Waals surface area contributed by atoms with Crippen molar-refractivity contribution in [3.8, 4) is 0 Å². The lowest BCUT2D eigenvalue weighted by atomic mass is 10.0. The highest BCUT2D eigenvalue weighted by atomic mass is 79.9. The summed E-state index contributed by atoms with van der Waals surface area (Å²) in [6.07, 6.45) is 2.92. The van der Waals surface area contributed by atoms with E-state index in [1.807, 2.05) is 0 Å². The Morgan fingerprint density at radius 1 is 1.21 bits per heavy atom. The predicted molar refractivity (Wildman–Crippen MR) is 104 cm³/mol. The summed E-state index contributed by atoms with van der Waals surface area (Å²) < 4.78 is 6.32. The molecule has 0 aliphatic rings. The Hall–Kier alpha value is -3.66. The number of fused-ring (bicyclic) bond motifs is 1. The molecule has 28 heavy (non-hydrogen) atoms. The summed E-state index contributed by atoms with van der Waals surface area (Å²) in [5, 5.41) is 25.1. The van der Waals surface area contributed by atoms with Gasteiger partial charge in [-0.3, -0.25) is 14.9 Å². The number of H-pyrrole nitrogens is 1. The largest absolute Gasteiger partial charge is 0.463 e. The zero-order chi connectivity index (χ0) is 19.7. The number of nitrogens with zero attached hydrogens (tertiary/aromatic N) is 4. The highest BCUT2D eigenvalue weighted by Crippen LogP contribution is 2.25. The summed E-state index contributed by atoms with van der Waals surface area (Å²) in [5.74, 6) is 0.239. The maximum absolute atomic E-state index is 12.9. The van der Waals surface area contributed by atoms with E-state index in [2.05, 4.69) is 36.6 Å². The number of nitrogens with one attached hydrogen (secondary N) is 1. The van der Waals surface area contributed by atoms with Crippen LogP contribution < -0.4 is 5.43 Å². The van der Waals surface area contributed by atoms with Crippen LogP contribution in [0.15, 0.2) is 62.4 Å². The average Bonchev–Trinajstić information content (AvgIpc) is 3.22. The van der Waals surface area contributed by atoms with Crippen LogP contribution in [-0.2, 0) is 0 Å². The van der Waals surface area contributed by atoms with Gasteiger partial charge in [-0.1, -0.05) is 15.9 Å². The number of halogens is 1. The van der Waals surface area contributed by atoms with Gasteiger partial charge in [-0.2, -0.15) is 5.21 Å². The molecule has 0 spiro atoms. The first-order valence-corrected chi connectivity index (χ1v) is 8.73. The molecule has 0 amide bonds. The van der Waals surface area contributed by atoms with Gasteiger partial charge in [0.05, 0.1) is 15.9 Å². The second-order valence-corrected chi connectivity index (χ2v) is 6.67. The second-order valence-electron chi connectivity index (χ2n) is 5.76. The number of hydrogen-bond donors (Lipinski definition) is 1. The molecular formula is C18H10BrN5O4. The minimum absolute atomic E-state index is 0.0497. The molecule has 1 N–H and O–H groups in total. The SMILES string of the molecule is O=c1c(/C=C(/c2ccc([N+](=O)[O-])cc2)c2nn[nH]n2)coc2ccc(Br)cc12. The van der Waals surface area contributed by atoms with Gasteiger partial charge < -0.3 is 4.42 Å². The van der Waals surface area contributed by atoms with Gasteiger partial charge in [-0.05, 0) is 47.2 Å². The summed E-state index contributed by atoms with van der Waals surface area (Å²) >= 11 is 3.35. The van der Waals surface area contributed by atoms with Gasteiger partial charge in [0, 0.05) is 22.2 Å². The molecule has 9 nitrogen and oxygen atoms in total. The molecular weight excluding hydrogens is 430 g/mol. The lowest BCUT2D eigenvalue weighted by molar-refractivity contribution is -0.384. The smallest absolute Gasteiger partial charge is 0.269 e. The van der Waals surface area contributed by atoms with Crippen LogP contribution in [-0.4, -0.2) is 25.5 Å². The van der Waals surface area contributed by atoms with E-state index >= 15 is 0 Å². The zero-order valence-electron chi connectivity index (χ0n) is 14.0. The third-order valence-corrected chi connectivity index (χ3v) is 4.53. The van der Waals surface area contributed by atoms with Crippen molar-refractivity contribution >= 4 is 44.2 Å². The molecule has 0 unspecified atom stereocenters. The maximum Gasteiger partial charge on any atom is 0.269 e. The first-order chi connectivity index (χ1) is 13.5. The van der Waals surface area contributed by atoms with Gasteiger partial charge in [0.15, 0.2) is 5.43 Å². The summed E-state index contributed by atoms with van der Waals surface area (Å²) in [7, 11) is 0. The van der Waals surface area contributed by atoms with Gasteiger partial charge >= 0.3 is 0 Å².